The lowest BCUT2D eigenvalue weighted by molar-refractivity contribution is 0.251. The number of nitrogen functional groups attached to an aromatic ring is 1. The molecule has 1 aromatic carbocycles. The maximum absolute atomic E-state index is 5.99. The summed E-state index contributed by atoms with van der Waals surface area (Å²) >= 11 is 0. The Hall–Kier alpha value is -1.97. The van der Waals surface area contributed by atoms with Crippen molar-refractivity contribution in [3.63, 3.8) is 0 Å². The minimum atomic E-state index is 0.189. The quantitative estimate of drug-likeness (QED) is 0.815. The van der Waals surface area contributed by atoms with Crippen molar-refractivity contribution < 1.29 is 4.74 Å². The van der Waals surface area contributed by atoms with Crippen molar-refractivity contribution >= 4 is 5.82 Å². The van der Waals surface area contributed by atoms with Gasteiger partial charge in [0.1, 0.15) is 11.6 Å². The van der Waals surface area contributed by atoms with E-state index in [0.29, 0.717) is 12.4 Å². The molecule has 0 saturated carbocycles. The first-order chi connectivity index (χ1) is 8.25. The number of aromatic nitrogens is 2. The first kappa shape index (κ1) is 10.2. The van der Waals surface area contributed by atoms with Gasteiger partial charge < -0.3 is 10.5 Å². The molecular weight excluding hydrogens is 214 g/mol. The maximum atomic E-state index is 5.99. The number of benzene rings is 1. The molecule has 3 rings (SSSR count). The summed E-state index contributed by atoms with van der Waals surface area (Å²) in [7, 11) is 0. The SMILES string of the molecule is Cc1cc(N)n(C2CCOc3ccccc32)n1. The van der Waals surface area contributed by atoms with E-state index in [-0.39, 0.29) is 6.04 Å². The molecule has 2 heterocycles. The van der Waals surface area contributed by atoms with Crippen LogP contribution in [-0.2, 0) is 0 Å². The predicted octanol–water partition coefficient (Wildman–Crippen LogP) is 2.15. The molecule has 0 amide bonds. The van der Waals surface area contributed by atoms with Crippen LogP contribution in [0.4, 0.5) is 5.82 Å². The van der Waals surface area contributed by atoms with Gasteiger partial charge in [-0.1, -0.05) is 18.2 Å². The maximum Gasteiger partial charge on any atom is 0.124 e. The number of hydrogen-bond acceptors (Lipinski definition) is 3. The predicted molar refractivity (Wildman–Crippen MR) is 66.1 cm³/mol. The molecule has 1 unspecified atom stereocenters. The minimum absolute atomic E-state index is 0.189. The Morgan fingerprint density at radius 1 is 1.41 bits per heavy atom. The van der Waals surface area contributed by atoms with Crippen LogP contribution in [0, 0.1) is 6.92 Å². The lowest BCUT2D eigenvalue weighted by atomic mass is 10.0. The molecule has 88 valence electrons. The number of nitrogens with zero attached hydrogens (tertiary/aromatic N) is 2. The van der Waals surface area contributed by atoms with Gasteiger partial charge in [0.25, 0.3) is 0 Å². The third-order valence-corrected chi connectivity index (χ3v) is 3.11. The van der Waals surface area contributed by atoms with Gasteiger partial charge in [-0.2, -0.15) is 5.10 Å². The zero-order valence-corrected chi connectivity index (χ0v) is 9.76. The zero-order chi connectivity index (χ0) is 11.8. The second-order valence-electron chi connectivity index (χ2n) is 4.35. The molecule has 2 aromatic rings. The fraction of sp³-hybridized carbons (Fsp3) is 0.308. The standard InChI is InChI=1S/C13H15N3O/c1-9-8-13(14)16(15-9)11-6-7-17-12-5-3-2-4-10(11)12/h2-5,8,11H,6-7,14H2,1H3. The van der Waals surface area contributed by atoms with Crippen LogP contribution in [-0.4, -0.2) is 16.4 Å². The molecule has 4 nitrogen and oxygen atoms in total. The number of anilines is 1. The summed E-state index contributed by atoms with van der Waals surface area (Å²) in [4.78, 5) is 0. The van der Waals surface area contributed by atoms with E-state index in [2.05, 4.69) is 11.2 Å². The topological polar surface area (TPSA) is 53.1 Å². The molecule has 1 aliphatic heterocycles. The van der Waals surface area contributed by atoms with E-state index in [1.165, 1.54) is 0 Å². The number of rotatable bonds is 1. The number of nitrogens with two attached hydrogens (primary N) is 1. The van der Waals surface area contributed by atoms with Crippen LogP contribution in [0.15, 0.2) is 30.3 Å². The Morgan fingerprint density at radius 2 is 2.24 bits per heavy atom. The normalized spacial score (nSPS) is 18.5. The molecule has 17 heavy (non-hydrogen) atoms. The zero-order valence-electron chi connectivity index (χ0n) is 9.76. The molecule has 0 radical (unpaired) electrons. The fourth-order valence-electron chi connectivity index (χ4n) is 2.36. The van der Waals surface area contributed by atoms with Gasteiger partial charge in [-0.25, -0.2) is 4.68 Å². The first-order valence-electron chi connectivity index (χ1n) is 5.79. The van der Waals surface area contributed by atoms with E-state index < -0.39 is 0 Å². The molecule has 1 aliphatic rings. The van der Waals surface area contributed by atoms with Gasteiger partial charge in [-0.3, -0.25) is 0 Å². The van der Waals surface area contributed by atoms with Crippen LogP contribution < -0.4 is 10.5 Å². The number of hydrogen-bond donors (Lipinski definition) is 1. The van der Waals surface area contributed by atoms with Crippen LogP contribution in [0.2, 0.25) is 0 Å². The second kappa shape index (κ2) is 3.80. The summed E-state index contributed by atoms with van der Waals surface area (Å²) in [5.41, 5.74) is 8.10. The van der Waals surface area contributed by atoms with Gasteiger partial charge in [0, 0.05) is 18.1 Å². The molecule has 0 aliphatic carbocycles. The molecule has 2 N–H and O–H groups in total. The van der Waals surface area contributed by atoms with E-state index in [4.69, 9.17) is 10.5 Å². The van der Waals surface area contributed by atoms with E-state index in [9.17, 15) is 0 Å². The van der Waals surface area contributed by atoms with Gasteiger partial charge in [0.15, 0.2) is 0 Å². The van der Waals surface area contributed by atoms with Crippen molar-refractivity contribution in [2.75, 3.05) is 12.3 Å². The summed E-state index contributed by atoms with van der Waals surface area (Å²) in [5, 5.41) is 4.47. The number of fused-ring (bicyclic) bond motifs is 1. The highest BCUT2D eigenvalue weighted by atomic mass is 16.5. The van der Waals surface area contributed by atoms with E-state index >= 15 is 0 Å². The van der Waals surface area contributed by atoms with Crippen molar-refractivity contribution in [1.29, 1.82) is 0 Å². The van der Waals surface area contributed by atoms with Gasteiger partial charge in [-0.15, -0.1) is 0 Å². The highest BCUT2D eigenvalue weighted by Gasteiger charge is 2.24. The number of aryl methyl sites for hydroxylation is 1. The van der Waals surface area contributed by atoms with Crippen molar-refractivity contribution in [3.05, 3.63) is 41.6 Å². The average Bonchev–Trinajstić information content (AvgIpc) is 2.68. The molecule has 0 spiro atoms. The molecule has 0 saturated heterocycles. The van der Waals surface area contributed by atoms with E-state index in [1.807, 2.05) is 35.9 Å². The molecule has 1 aromatic heterocycles. The molecule has 0 bridgehead atoms. The Morgan fingerprint density at radius 3 is 3.00 bits per heavy atom. The first-order valence-corrected chi connectivity index (χ1v) is 5.79. The van der Waals surface area contributed by atoms with E-state index in [1.54, 1.807) is 0 Å². The summed E-state index contributed by atoms with van der Waals surface area (Å²) in [5.74, 6) is 1.65. The summed E-state index contributed by atoms with van der Waals surface area (Å²) < 4.78 is 7.54. The monoisotopic (exact) mass is 229 g/mol. The van der Waals surface area contributed by atoms with Crippen molar-refractivity contribution in [1.82, 2.24) is 9.78 Å². The largest absolute Gasteiger partial charge is 0.493 e. The van der Waals surface area contributed by atoms with Crippen LogP contribution in [0.1, 0.15) is 23.7 Å². The lowest BCUT2D eigenvalue weighted by Gasteiger charge is -2.26. The van der Waals surface area contributed by atoms with Crippen molar-refractivity contribution in [3.8, 4) is 5.75 Å². The van der Waals surface area contributed by atoms with Gasteiger partial charge in [0.2, 0.25) is 0 Å². The van der Waals surface area contributed by atoms with Crippen LogP contribution in [0.25, 0.3) is 0 Å². The minimum Gasteiger partial charge on any atom is -0.493 e. The average molecular weight is 229 g/mol. The van der Waals surface area contributed by atoms with Crippen LogP contribution in [0.5, 0.6) is 5.75 Å². The highest BCUT2D eigenvalue weighted by Crippen LogP contribution is 2.35. The van der Waals surface area contributed by atoms with E-state index in [0.717, 1.165) is 23.4 Å². The Kier molecular flexibility index (Phi) is 2.28. The molecular formula is C13H15N3O. The Labute approximate surface area is 100 Å². The third-order valence-electron chi connectivity index (χ3n) is 3.11. The fourth-order valence-corrected chi connectivity index (χ4v) is 2.36. The molecule has 1 atom stereocenters. The smallest absolute Gasteiger partial charge is 0.124 e. The summed E-state index contributed by atoms with van der Waals surface area (Å²) in [6, 6.07) is 10.2. The number of ether oxygens (including phenoxy) is 1. The van der Waals surface area contributed by atoms with Crippen LogP contribution >= 0.6 is 0 Å². The third kappa shape index (κ3) is 1.65. The van der Waals surface area contributed by atoms with Crippen molar-refractivity contribution in [2.24, 2.45) is 0 Å². The molecule has 4 heteroatoms. The lowest BCUT2D eigenvalue weighted by Crippen LogP contribution is -2.22. The Bertz CT molecular complexity index is 547. The van der Waals surface area contributed by atoms with Crippen LogP contribution in [0.3, 0.4) is 0 Å². The summed E-state index contributed by atoms with van der Waals surface area (Å²) in [6.45, 7) is 2.66. The summed E-state index contributed by atoms with van der Waals surface area (Å²) in [6.07, 6.45) is 0.905. The van der Waals surface area contributed by atoms with Gasteiger partial charge >= 0.3 is 0 Å². The van der Waals surface area contributed by atoms with Gasteiger partial charge in [0.05, 0.1) is 18.3 Å². The van der Waals surface area contributed by atoms with Crippen molar-refractivity contribution in [2.45, 2.75) is 19.4 Å². The number of para-hydroxylation sites is 1. The molecule has 0 fully saturated rings. The van der Waals surface area contributed by atoms with Gasteiger partial charge in [-0.05, 0) is 13.0 Å². The highest BCUT2D eigenvalue weighted by molar-refractivity contribution is 5.40. The Balaban J connectivity index is 2.09. The second-order valence-corrected chi connectivity index (χ2v) is 4.35.